The van der Waals surface area contributed by atoms with Crippen LogP contribution in [0.15, 0.2) is 66.9 Å². The highest BCUT2D eigenvalue weighted by Crippen LogP contribution is 2.17. The zero-order valence-corrected chi connectivity index (χ0v) is 16.4. The van der Waals surface area contributed by atoms with Crippen LogP contribution in [0.2, 0.25) is 0 Å². The van der Waals surface area contributed by atoms with E-state index in [1.54, 1.807) is 49.7 Å². The van der Waals surface area contributed by atoms with Crippen molar-refractivity contribution >= 4 is 23.2 Å². The quantitative estimate of drug-likeness (QED) is 0.569. The molecule has 2 aromatic carbocycles. The first-order chi connectivity index (χ1) is 14.0. The molecule has 0 spiro atoms. The van der Waals surface area contributed by atoms with E-state index in [0.29, 0.717) is 29.9 Å². The Morgan fingerprint density at radius 2 is 1.79 bits per heavy atom. The molecule has 0 saturated heterocycles. The number of aromatic nitrogens is 1. The molecule has 6 nitrogen and oxygen atoms in total. The van der Waals surface area contributed by atoms with Crippen molar-refractivity contribution in [3.05, 3.63) is 83.6 Å². The van der Waals surface area contributed by atoms with Gasteiger partial charge in [0.05, 0.1) is 7.11 Å². The molecule has 148 valence electrons. The summed E-state index contributed by atoms with van der Waals surface area (Å²) < 4.78 is 5.21. The van der Waals surface area contributed by atoms with Gasteiger partial charge in [-0.25, -0.2) is 4.98 Å². The maximum atomic E-state index is 12.5. The fourth-order valence-electron chi connectivity index (χ4n) is 2.83. The van der Waals surface area contributed by atoms with Crippen LogP contribution < -0.4 is 15.4 Å². The van der Waals surface area contributed by atoms with Crippen molar-refractivity contribution in [1.82, 2.24) is 10.3 Å². The number of Topliss-reactive ketones (excluding diaryl/α,β-unsaturated/α-hetero) is 1. The molecule has 0 bridgehead atoms. The minimum absolute atomic E-state index is 0.0160. The van der Waals surface area contributed by atoms with Crippen molar-refractivity contribution in [3.63, 3.8) is 0 Å². The summed E-state index contributed by atoms with van der Waals surface area (Å²) in [5.74, 6) is 1.21. The molecule has 1 amide bonds. The molecule has 1 heterocycles. The van der Waals surface area contributed by atoms with Crippen molar-refractivity contribution in [2.75, 3.05) is 19.0 Å². The minimum atomic E-state index is -0.162. The van der Waals surface area contributed by atoms with Crippen molar-refractivity contribution in [2.45, 2.75) is 13.3 Å². The number of carbonyl (C=O) groups is 2. The van der Waals surface area contributed by atoms with Gasteiger partial charge in [0.25, 0.3) is 5.91 Å². The summed E-state index contributed by atoms with van der Waals surface area (Å²) in [5, 5.41) is 6.07. The number of hydrogen-bond donors (Lipinski definition) is 2. The normalized spacial score (nSPS) is 10.3. The SMILES string of the molecule is COc1cccc(CCNC(=O)c2ccnc(Nc3ccc(C(C)=O)cc3)c2)c1. The lowest BCUT2D eigenvalue weighted by molar-refractivity contribution is 0.0953. The number of methoxy groups -OCH3 is 1. The van der Waals surface area contributed by atoms with Gasteiger partial charge in [0, 0.05) is 29.6 Å². The maximum Gasteiger partial charge on any atom is 0.251 e. The molecule has 0 aliphatic rings. The highest BCUT2D eigenvalue weighted by Gasteiger charge is 2.07. The molecular weight excluding hydrogens is 366 g/mol. The number of ketones is 1. The summed E-state index contributed by atoms with van der Waals surface area (Å²) >= 11 is 0. The van der Waals surface area contributed by atoms with Crippen LogP contribution >= 0.6 is 0 Å². The summed E-state index contributed by atoms with van der Waals surface area (Å²) in [6.07, 6.45) is 2.30. The van der Waals surface area contributed by atoms with Crippen LogP contribution in [-0.2, 0) is 6.42 Å². The zero-order valence-electron chi connectivity index (χ0n) is 16.4. The van der Waals surface area contributed by atoms with Gasteiger partial charge >= 0.3 is 0 Å². The van der Waals surface area contributed by atoms with E-state index in [0.717, 1.165) is 17.0 Å². The van der Waals surface area contributed by atoms with Gasteiger partial charge in [0.15, 0.2) is 5.78 Å². The first-order valence-electron chi connectivity index (χ1n) is 9.30. The lowest BCUT2D eigenvalue weighted by atomic mass is 10.1. The summed E-state index contributed by atoms with van der Waals surface area (Å²) in [5.41, 5.74) is 3.05. The molecule has 3 aromatic rings. The number of hydrogen-bond acceptors (Lipinski definition) is 5. The molecule has 6 heteroatoms. The molecule has 29 heavy (non-hydrogen) atoms. The van der Waals surface area contributed by atoms with E-state index < -0.39 is 0 Å². The van der Waals surface area contributed by atoms with E-state index in [1.807, 2.05) is 24.3 Å². The fourth-order valence-corrected chi connectivity index (χ4v) is 2.83. The third-order valence-corrected chi connectivity index (χ3v) is 4.42. The largest absolute Gasteiger partial charge is 0.497 e. The molecule has 0 fully saturated rings. The van der Waals surface area contributed by atoms with Gasteiger partial charge in [-0.1, -0.05) is 12.1 Å². The molecule has 0 aliphatic heterocycles. The number of carbonyl (C=O) groups excluding carboxylic acids is 2. The van der Waals surface area contributed by atoms with Gasteiger partial charge in [-0.2, -0.15) is 0 Å². The second-order valence-corrected chi connectivity index (χ2v) is 6.55. The van der Waals surface area contributed by atoms with Crippen LogP contribution in [0, 0.1) is 0 Å². The van der Waals surface area contributed by atoms with Gasteiger partial charge in [0.2, 0.25) is 0 Å². The van der Waals surface area contributed by atoms with E-state index in [-0.39, 0.29) is 11.7 Å². The van der Waals surface area contributed by atoms with Crippen LogP contribution in [0.25, 0.3) is 0 Å². The van der Waals surface area contributed by atoms with E-state index in [4.69, 9.17) is 4.74 Å². The van der Waals surface area contributed by atoms with Gasteiger partial charge in [-0.05, 0) is 67.4 Å². The number of pyridine rings is 1. The second kappa shape index (κ2) is 9.50. The molecule has 0 atom stereocenters. The smallest absolute Gasteiger partial charge is 0.251 e. The van der Waals surface area contributed by atoms with Crippen LogP contribution in [0.5, 0.6) is 5.75 Å². The number of rotatable bonds is 8. The lowest BCUT2D eigenvalue weighted by Gasteiger charge is -2.09. The molecule has 0 unspecified atom stereocenters. The highest BCUT2D eigenvalue weighted by atomic mass is 16.5. The summed E-state index contributed by atoms with van der Waals surface area (Å²) in [7, 11) is 1.63. The molecule has 0 aliphatic carbocycles. The average molecular weight is 389 g/mol. The Balaban J connectivity index is 1.57. The van der Waals surface area contributed by atoms with Gasteiger partial charge in [0.1, 0.15) is 11.6 Å². The fraction of sp³-hybridized carbons (Fsp3) is 0.174. The average Bonchev–Trinajstić information content (AvgIpc) is 2.74. The third-order valence-electron chi connectivity index (χ3n) is 4.42. The number of nitrogens with one attached hydrogen (secondary N) is 2. The standard InChI is InChI=1S/C23H23N3O3/c1-16(27)18-6-8-20(9-7-18)26-22-15-19(11-13-24-22)23(28)25-12-10-17-4-3-5-21(14-17)29-2/h3-9,11,13-15H,10,12H2,1-2H3,(H,24,26)(H,25,28). The third kappa shape index (κ3) is 5.65. The highest BCUT2D eigenvalue weighted by molar-refractivity contribution is 5.95. The Hall–Kier alpha value is -3.67. The number of nitrogens with zero attached hydrogens (tertiary/aromatic N) is 1. The summed E-state index contributed by atoms with van der Waals surface area (Å²) in [6.45, 7) is 2.05. The predicted molar refractivity (Wildman–Crippen MR) is 113 cm³/mol. The summed E-state index contributed by atoms with van der Waals surface area (Å²) in [4.78, 5) is 28.1. The first-order valence-corrected chi connectivity index (χ1v) is 9.30. The van der Waals surface area contributed by atoms with Crippen molar-refractivity contribution in [3.8, 4) is 5.75 Å². The number of anilines is 2. The topological polar surface area (TPSA) is 80.3 Å². The van der Waals surface area contributed by atoms with Gasteiger partial charge in [-0.15, -0.1) is 0 Å². The van der Waals surface area contributed by atoms with Crippen LogP contribution in [0.4, 0.5) is 11.5 Å². The Morgan fingerprint density at radius 1 is 1.00 bits per heavy atom. The van der Waals surface area contributed by atoms with Crippen molar-refractivity contribution in [2.24, 2.45) is 0 Å². The second-order valence-electron chi connectivity index (χ2n) is 6.55. The molecule has 0 saturated carbocycles. The number of amides is 1. The summed E-state index contributed by atoms with van der Waals surface area (Å²) in [6, 6.07) is 18.3. The lowest BCUT2D eigenvalue weighted by Crippen LogP contribution is -2.25. The monoisotopic (exact) mass is 389 g/mol. The minimum Gasteiger partial charge on any atom is -0.497 e. The van der Waals surface area contributed by atoms with Crippen molar-refractivity contribution in [1.29, 1.82) is 0 Å². The molecular formula is C23H23N3O3. The zero-order chi connectivity index (χ0) is 20.6. The van der Waals surface area contributed by atoms with Crippen LogP contribution in [-0.4, -0.2) is 30.3 Å². The van der Waals surface area contributed by atoms with Crippen LogP contribution in [0.1, 0.15) is 33.2 Å². The van der Waals surface area contributed by atoms with Crippen molar-refractivity contribution < 1.29 is 14.3 Å². The first kappa shape index (κ1) is 20.1. The van der Waals surface area contributed by atoms with E-state index >= 15 is 0 Å². The molecule has 1 aromatic heterocycles. The van der Waals surface area contributed by atoms with E-state index in [9.17, 15) is 9.59 Å². The Labute approximate surface area is 169 Å². The number of ether oxygens (including phenoxy) is 1. The Bertz CT molecular complexity index is 1000. The molecule has 0 radical (unpaired) electrons. The Morgan fingerprint density at radius 3 is 2.52 bits per heavy atom. The van der Waals surface area contributed by atoms with Gasteiger partial charge < -0.3 is 15.4 Å². The van der Waals surface area contributed by atoms with E-state index in [2.05, 4.69) is 15.6 Å². The molecule has 2 N–H and O–H groups in total. The predicted octanol–water partition coefficient (Wildman–Crippen LogP) is 4.01. The molecule has 3 rings (SSSR count). The van der Waals surface area contributed by atoms with E-state index in [1.165, 1.54) is 6.92 Å². The van der Waals surface area contributed by atoms with Gasteiger partial charge in [-0.3, -0.25) is 9.59 Å². The number of benzene rings is 2. The maximum absolute atomic E-state index is 12.5. The Kier molecular flexibility index (Phi) is 6.58. The van der Waals surface area contributed by atoms with Crippen LogP contribution in [0.3, 0.4) is 0 Å².